The summed E-state index contributed by atoms with van der Waals surface area (Å²) >= 11 is 0. The Balaban J connectivity index is 2.31. The zero-order chi connectivity index (χ0) is 14.1. The van der Waals surface area contributed by atoms with Gasteiger partial charge in [-0.1, -0.05) is 18.2 Å². The van der Waals surface area contributed by atoms with E-state index in [0.29, 0.717) is 19.8 Å². The number of nitrogens with one attached hydrogen (secondary N) is 1. The van der Waals surface area contributed by atoms with E-state index in [1.54, 1.807) is 6.92 Å². The number of hydrogen-bond donors (Lipinski definition) is 1. The molecule has 106 valence electrons. The number of benzene rings is 1. The quantitative estimate of drug-likeness (QED) is 0.734. The molecule has 1 rings (SSSR count). The first kappa shape index (κ1) is 15.5. The van der Waals surface area contributed by atoms with Gasteiger partial charge in [0.2, 0.25) is 0 Å². The number of aryl methyl sites for hydroxylation is 1. The van der Waals surface area contributed by atoms with Crippen molar-refractivity contribution in [3.05, 3.63) is 29.8 Å². The van der Waals surface area contributed by atoms with E-state index in [1.807, 2.05) is 38.1 Å². The average molecular weight is 265 g/mol. The van der Waals surface area contributed by atoms with Crippen LogP contribution in [0.1, 0.15) is 25.8 Å². The third-order valence-electron chi connectivity index (χ3n) is 2.74. The number of amides is 1. The molecule has 0 aromatic heterocycles. The summed E-state index contributed by atoms with van der Waals surface area (Å²) in [5.74, 6) is 0.652. The monoisotopic (exact) mass is 265 g/mol. The number of hydrogen-bond acceptors (Lipinski definition) is 3. The fourth-order valence-electron chi connectivity index (χ4n) is 1.61. The molecule has 0 bridgehead atoms. The second-order valence-corrected chi connectivity index (χ2v) is 4.37. The Morgan fingerprint density at radius 1 is 1.37 bits per heavy atom. The van der Waals surface area contributed by atoms with Crippen LogP contribution < -0.4 is 10.1 Å². The molecule has 0 aliphatic carbocycles. The van der Waals surface area contributed by atoms with Gasteiger partial charge in [-0.3, -0.25) is 4.79 Å². The number of carbonyl (C=O) groups is 1. The van der Waals surface area contributed by atoms with Crippen LogP contribution in [0, 0.1) is 6.92 Å². The van der Waals surface area contributed by atoms with Crippen molar-refractivity contribution < 1.29 is 14.3 Å². The lowest BCUT2D eigenvalue weighted by Crippen LogP contribution is -2.37. The summed E-state index contributed by atoms with van der Waals surface area (Å²) in [7, 11) is 0. The van der Waals surface area contributed by atoms with Crippen molar-refractivity contribution in [3.63, 3.8) is 0 Å². The van der Waals surface area contributed by atoms with Gasteiger partial charge in [0.15, 0.2) is 6.10 Å². The van der Waals surface area contributed by atoms with E-state index in [1.165, 1.54) is 0 Å². The lowest BCUT2D eigenvalue weighted by Gasteiger charge is -2.16. The van der Waals surface area contributed by atoms with E-state index >= 15 is 0 Å². The third-order valence-corrected chi connectivity index (χ3v) is 2.74. The van der Waals surface area contributed by atoms with Gasteiger partial charge in [0.25, 0.3) is 5.91 Å². The highest BCUT2D eigenvalue weighted by atomic mass is 16.5. The van der Waals surface area contributed by atoms with Crippen LogP contribution in [-0.4, -0.2) is 31.8 Å². The minimum Gasteiger partial charge on any atom is -0.481 e. The first-order valence-corrected chi connectivity index (χ1v) is 6.73. The highest BCUT2D eigenvalue weighted by Crippen LogP contribution is 2.17. The molecule has 0 aliphatic heterocycles. The van der Waals surface area contributed by atoms with Crippen LogP contribution in [0.5, 0.6) is 5.75 Å². The van der Waals surface area contributed by atoms with Crippen molar-refractivity contribution in [2.75, 3.05) is 19.8 Å². The Labute approximate surface area is 115 Å². The van der Waals surface area contributed by atoms with Crippen LogP contribution in [0.4, 0.5) is 0 Å². The first-order valence-electron chi connectivity index (χ1n) is 6.73. The number of rotatable bonds is 8. The number of carbonyl (C=O) groups excluding carboxylic acids is 1. The Kier molecular flexibility index (Phi) is 6.97. The van der Waals surface area contributed by atoms with Crippen molar-refractivity contribution in [2.24, 2.45) is 0 Å². The predicted octanol–water partition coefficient (Wildman–Crippen LogP) is 2.31. The minimum absolute atomic E-state index is 0.0975. The van der Waals surface area contributed by atoms with Crippen LogP contribution in [-0.2, 0) is 9.53 Å². The lowest BCUT2D eigenvalue weighted by molar-refractivity contribution is -0.127. The molecule has 4 heteroatoms. The zero-order valence-corrected chi connectivity index (χ0v) is 11.9. The van der Waals surface area contributed by atoms with Crippen LogP contribution >= 0.6 is 0 Å². The molecule has 1 aromatic carbocycles. The number of para-hydroxylation sites is 1. The summed E-state index contributed by atoms with van der Waals surface area (Å²) in [4.78, 5) is 11.8. The maximum atomic E-state index is 11.8. The molecule has 4 nitrogen and oxygen atoms in total. The Hall–Kier alpha value is -1.55. The predicted molar refractivity (Wildman–Crippen MR) is 75.4 cm³/mol. The topological polar surface area (TPSA) is 47.6 Å². The highest BCUT2D eigenvalue weighted by molar-refractivity contribution is 5.80. The summed E-state index contributed by atoms with van der Waals surface area (Å²) in [5, 5.41) is 2.84. The van der Waals surface area contributed by atoms with Crippen molar-refractivity contribution in [2.45, 2.75) is 33.3 Å². The summed E-state index contributed by atoms with van der Waals surface area (Å²) in [6, 6.07) is 7.67. The normalized spacial score (nSPS) is 11.9. The molecular formula is C15H23NO3. The Morgan fingerprint density at radius 2 is 2.11 bits per heavy atom. The summed E-state index contributed by atoms with van der Waals surface area (Å²) in [6.07, 6.45) is 0.324. The van der Waals surface area contributed by atoms with Gasteiger partial charge in [-0.2, -0.15) is 0 Å². The summed E-state index contributed by atoms with van der Waals surface area (Å²) in [6.45, 7) is 7.66. The lowest BCUT2D eigenvalue weighted by atomic mass is 10.2. The van der Waals surface area contributed by atoms with Crippen LogP contribution in [0.15, 0.2) is 24.3 Å². The Morgan fingerprint density at radius 3 is 2.79 bits per heavy atom. The molecule has 0 aliphatic rings. The number of ether oxygens (including phenoxy) is 2. The average Bonchev–Trinajstić information content (AvgIpc) is 2.41. The summed E-state index contributed by atoms with van der Waals surface area (Å²) < 4.78 is 10.8. The molecule has 1 aromatic rings. The first-order chi connectivity index (χ1) is 9.15. The SMILES string of the molecule is CCOCCCNC(=O)[C@@H](C)Oc1ccccc1C. The van der Waals surface area contributed by atoms with Gasteiger partial charge in [0.1, 0.15) is 5.75 Å². The van der Waals surface area contributed by atoms with Gasteiger partial charge in [-0.15, -0.1) is 0 Å². The van der Waals surface area contributed by atoms with E-state index in [0.717, 1.165) is 17.7 Å². The standard InChI is InChI=1S/C15H23NO3/c1-4-18-11-7-10-16-15(17)13(3)19-14-9-6-5-8-12(14)2/h5-6,8-9,13H,4,7,10-11H2,1-3H3,(H,16,17)/t13-/m1/s1. The summed E-state index contributed by atoms with van der Waals surface area (Å²) in [5.41, 5.74) is 1.03. The molecule has 0 fully saturated rings. The maximum Gasteiger partial charge on any atom is 0.260 e. The third kappa shape index (κ3) is 5.75. The van der Waals surface area contributed by atoms with Gasteiger partial charge in [0.05, 0.1) is 0 Å². The van der Waals surface area contributed by atoms with Crippen molar-refractivity contribution in [1.82, 2.24) is 5.32 Å². The van der Waals surface area contributed by atoms with Gasteiger partial charge >= 0.3 is 0 Å². The fraction of sp³-hybridized carbons (Fsp3) is 0.533. The van der Waals surface area contributed by atoms with E-state index < -0.39 is 6.10 Å². The van der Waals surface area contributed by atoms with E-state index in [9.17, 15) is 4.79 Å². The van der Waals surface area contributed by atoms with Gasteiger partial charge in [-0.05, 0) is 38.8 Å². The second kappa shape index (κ2) is 8.53. The van der Waals surface area contributed by atoms with Crippen LogP contribution in [0.3, 0.4) is 0 Å². The molecule has 0 radical (unpaired) electrons. The molecule has 0 unspecified atom stereocenters. The van der Waals surface area contributed by atoms with Gasteiger partial charge < -0.3 is 14.8 Å². The Bertz CT molecular complexity index is 393. The largest absolute Gasteiger partial charge is 0.481 e. The van der Waals surface area contributed by atoms with Crippen LogP contribution in [0.2, 0.25) is 0 Å². The minimum atomic E-state index is -0.492. The molecule has 1 amide bonds. The molecule has 0 spiro atoms. The molecular weight excluding hydrogens is 242 g/mol. The van der Waals surface area contributed by atoms with Crippen LogP contribution in [0.25, 0.3) is 0 Å². The zero-order valence-electron chi connectivity index (χ0n) is 11.9. The van der Waals surface area contributed by atoms with E-state index in [-0.39, 0.29) is 5.91 Å². The fourth-order valence-corrected chi connectivity index (χ4v) is 1.61. The van der Waals surface area contributed by atoms with Gasteiger partial charge in [0, 0.05) is 19.8 Å². The smallest absolute Gasteiger partial charge is 0.260 e. The molecule has 0 saturated carbocycles. The van der Waals surface area contributed by atoms with Crippen molar-refractivity contribution in [1.29, 1.82) is 0 Å². The van der Waals surface area contributed by atoms with E-state index in [2.05, 4.69) is 5.32 Å². The molecule has 1 atom stereocenters. The van der Waals surface area contributed by atoms with Gasteiger partial charge in [-0.25, -0.2) is 0 Å². The highest BCUT2D eigenvalue weighted by Gasteiger charge is 2.14. The maximum absolute atomic E-state index is 11.8. The molecule has 0 saturated heterocycles. The molecule has 19 heavy (non-hydrogen) atoms. The van der Waals surface area contributed by atoms with Crippen molar-refractivity contribution in [3.8, 4) is 5.75 Å². The molecule has 1 N–H and O–H groups in total. The van der Waals surface area contributed by atoms with E-state index in [4.69, 9.17) is 9.47 Å². The molecule has 0 heterocycles. The second-order valence-electron chi connectivity index (χ2n) is 4.37. The van der Waals surface area contributed by atoms with Crippen molar-refractivity contribution >= 4 is 5.91 Å².